The Bertz CT molecular complexity index is 466. The van der Waals surface area contributed by atoms with Gasteiger partial charge in [-0.15, -0.1) is 0 Å². The van der Waals surface area contributed by atoms with Crippen molar-refractivity contribution < 1.29 is 0 Å². The number of likely N-dealkylation sites (tertiary alicyclic amines) is 1. The lowest BCUT2D eigenvalue weighted by Crippen LogP contribution is -2.25. The maximum Gasteiger partial charge on any atom is 0.128 e. The van der Waals surface area contributed by atoms with E-state index in [2.05, 4.69) is 35.8 Å². The van der Waals surface area contributed by atoms with Crippen LogP contribution >= 0.6 is 0 Å². The molecular formula is C18H29N3. The summed E-state index contributed by atoms with van der Waals surface area (Å²) >= 11 is 0. The van der Waals surface area contributed by atoms with Crippen LogP contribution < -0.4 is 4.90 Å². The summed E-state index contributed by atoms with van der Waals surface area (Å²) in [4.78, 5) is 10.0. The van der Waals surface area contributed by atoms with Crippen LogP contribution in [0.1, 0.15) is 62.7 Å². The van der Waals surface area contributed by atoms with Crippen molar-refractivity contribution in [3.63, 3.8) is 0 Å². The topological polar surface area (TPSA) is 19.4 Å². The van der Waals surface area contributed by atoms with Crippen LogP contribution in [-0.2, 0) is 0 Å². The highest BCUT2D eigenvalue weighted by molar-refractivity contribution is 5.43. The molecule has 0 spiro atoms. The third-order valence-corrected chi connectivity index (χ3v) is 5.06. The molecule has 0 N–H and O–H groups in total. The van der Waals surface area contributed by atoms with Crippen LogP contribution in [0.4, 0.5) is 5.82 Å². The molecule has 1 atom stereocenters. The van der Waals surface area contributed by atoms with Crippen molar-refractivity contribution in [1.82, 2.24) is 9.88 Å². The Hall–Kier alpha value is -1.09. The number of unbranched alkanes of at least 4 members (excludes halogenated alkanes) is 1. The van der Waals surface area contributed by atoms with E-state index in [1.807, 2.05) is 0 Å². The van der Waals surface area contributed by atoms with Gasteiger partial charge in [0.2, 0.25) is 0 Å². The first-order chi connectivity index (χ1) is 10.3. The van der Waals surface area contributed by atoms with Crippen LogP contribution in [0.2, 0.25) is 0 Å². The lowest BCUT2D eigenvalue weighted by atomic mass is 10.0. The summed E-state index contributed by atoms with van der Waals surface area (Å²) in [6.07, 6.45) is 7.87. The number of aryl methyl sites for hydroxylation is 1. The molecule has 21 heavy (non-hydrogen) atoms. The summed E-state index contributed by atoms with van der Waals surface area (Å²) in [5.41, 5.74) is 2.71. The summed E-state index contributed by atoms with van der Waals surface area (Å²) in [5.74, 6) is 1.19. The van der Waals surface area contributed by atoms with Crippen molar-refractivity contribution in [3.05, 3.63) is 23.4 Å². The van der Waals surface area contributed by atoms with Crippen LogP contribution in [-0.4, -0.2) is 36.1 Å². The number of nitrogens with zero attached hydrogens (tertiary/aromatic N) is 3. The number of pyridine rings is 1. The van der Waals surface area contributed by atoms with E-state index in [-0.39, 0.29) is 0 Å². The van der Waals surface area contributed by atoms with E-state index in [9.17, 15) is 0 Å². The summed E-state index contributed by atoms with van der Waals surface area (Å²) in [5, 5.41) is 0. The fourth-order valence-corrected chi connectivity index (χ4v) is 3.84. The van der Waals surface area contributed by atoms with E-state index >= 15 is 0 Å². The van der Waals surface area contributed by atoms with Crippen molar-refractivity contribution >= 4 is 5.82 Å². The average molecular weight is 287 g/mol. The van der Waals surface area contributed by atoms with E-state index in [1.54, 1.807) is 0 Å². The van der Waals surface area contributed by atoms with Crippen LogP contribution in [0.25, 0.3) is 0 Å². The molecule has 2 aliphatic rings. The zero-order valence-electron chi connectivity index (χ0n) is 13.6. The number of rotatable bonds is 5. The predicted molar refractivity (Wildman–Crippen MR) is 88.9 cm³/mol. The molecule has 0 bridgehead atoms. The minimum Gasteiger partial charge on any atom is -0.357 e. The molecule has 3 heterocycles. The van der Waals surface area contributed by atoms with E-state index in [4.69, 9.17) is 4.98 Å². The molecule has 0 amide bonds. The van der Waals surface area contributed by atoms with Gasteiger partial charge in [-0.25, -0.2) is 4.98 Å². The van der Waals surface area contributed by atoms with Gasteiger partial charge in [-0.3, -0.25) is 4.90 Å². The summed E-state index contributed by atoms with van der Waals surface area (Å²) < 4.78 is 0. The van der Waals surface area contributed by atoms with Crippen molar-refractivity contribution in [3.8, 4) is 0 Å². The Morgan fingerprint density at radius 3 is 2.67 bits per heavy atom. The fourth-order valence-electron chi connectivity index (χ4n) is 3.84. The van der Waals surface area contributed by atoms with Crippen molar-refractivity contribution in [2.45, 2.75) is 58.4 Å². The molecule has 3 nitrogen and oxygen atoms in total. The largest absolute Gasteiger partial charge is 0.357 e. The smallest absolute Gasteiger partial charge is 0.128 e. The Kier molecular flexibility index (Phi) is 4.79. The van der Waals surface area contributed by atoms with Crippen LogP contribution in [0.5, 0.6) is 0 Å². The Labute approximate surface area is 129 Å². The number of anilines is 1. The minimum absolute atomic E-state index is 0.608. The van der Waals surface area contributed by atoms with E-state index in [0.717, 1.165) is 0 Å². The summed E-state index contributed by atoms with van der Waals surface area (Å²) in [6.45, 7) is 9.34. The molecule has 2 fully saturated rings. The normalized spacial score (nSPS) is 23.1. The van der Waals surface area contributed by atoms with Gasteiger partial charge in [-0.1, -0.05) is 19.4 Å². The number of aromatic nitrogens is 1. The van der Waals surface area contributed by atoms with Crippen molar-refractivity contribution in [1.29, 1.82) is 0 Å². The first-order valence-electron chi connectivity index (χ1n) is 8.76. The van der Waals surface area contributed by atoms with Crippen LogP contribution in [0.3, 0.4) is 0 Å². The first kappa shape index (κ1) is 14.8. The molecule has 1 aromatic rings. The van der Waals surface area contributed by atoms with E-state index in [0.29, 0.717) is 6.04 Å². The SMILES string of the molecule is CCCCN1CCC[C@@H]1c1ccc(N2CCCC2)nc1C. The molecule has 0 unspecified atom stereocenters. The Morgan fingerprint density at radius 2 is 1.95 bits per heavy atom. The molecule has 2 saturated heterocycles. The molecule has 1 aromatic heterocycles. The van der Waals surface area contributed by atoms with Crippen molar-refractivity contribution in [2.24, 2.45) is 0 Å². The highest BCUT2D eigenvalue weighted by Crippen LogP contribution is 2.34. The third-order valence-electron chi connectivity index (χ3n) is 5.06. The van der Waals surface area contributed by atoms with Gasteiger partial charge >= 0.3 is 0 Å². The molecular weight excluding hydrogens is 258 g/mol. The quantitative estimate of drug-likeness (QED) is 0.818. The van der Waals surface area contributed by atoms with Gasteiger partial charge in [0.1, 0.15) is 5.82 Å². The van der Waals surface area contributed by atoms with Crippen molar-refractivity contribution in [2.75, 3.05) is 31.1 Å². The van der Waals surface area contributed by atoms with E-state index < -0.39 is 0 Å². The number of hydrogen-bond acceptors (Lipinski definition) is 3. The maximum absolute atomic E-state index is 4.91. The Balaban J connectivity index is 1.75. The molecule has 2 aliphatic heterocycles. The fraction of sp³-hybridized carbons (Fsp3) is 0.722. The molecule has 0 aliphatic carbocycles. The lowest BCUT2D eigenvalue weighted by molar-refractivity contribution is 0.252. The zero-order valence-corrected chi connectivity index (χ0v) is 13.6. The molecule has 3 heteroatoms. The monoisotopic (exact) mass is 287 g/mol. The third kappa shape index (κ3) is 3.23. The standard InChI is InChI=1S/C18H29N3/c1-3-4-11-20-14-7-8-17(20)16-9-10-18(19-15(16)2)21-12-5-6-13-21/h9-10,17H,3-8,11-14H2,1-2H3/t17-/m1/s1. The second-order valence-corrected chi connectivity index (χ2v) is 6.59. The second kappa shape index (κ2) is 6.78. The van der Waals surface area contributed by atoms with Crippen LogP contribution in [0.15, 0.2) is 12.1 Å². The van der Waals surface area contributed by atoms with Gasteiger partial charge in [0.15, 0.2) is 0 Å². The minimum atomic E-state index is 0.608. The van der Waals surface area contributed by atoms with Gasteiger partial charge in [-0.05, 0) is 63.7 Å². The average Bonchev–Trinajstić information content (AvgIpc) is 3.16. The van der Waals surface area contributed by atoms with Gasteiger partial charge < -0.3 is 4.90 Å². The van der Waals surface area contributed by atoms with Gasteiger partial charge in [0.05, 0.1) is 0 Å². The highest BCUT2D eigenvalue weighted by Gasteiger charge is 2.27. The molecule has 0 saturated carbocycles. The highest BCUT2D eigenvalue weighted by atomic mass is 15.2. The molecule has 116 valence electrons. The zero-order chi connectivity index (χ0) is 14.7. The number of hydrogen-bond donors (Lipinski definition) is 0. The van der Waals surface area contributed by atoms with Gasteiger partial charge in [-0.2, -0.15) is 0 Å². The van der Waals surface area contributed by atoms with Gasteiger partial charge in [0, 0.05) is 24.8 Å². The second-order valence-electron chi connectivity index (χ2n) is 6.59. The molecule has 3 rings (SSSR count). The summed E-state index contributed by atoms with van der Waals surface area (Å²) in [6, 6.07) is 5.21. The molecule has 0 aromatic carbocycles. The lowest BCUT2D eigenvalue weighted by Gasteiger charge is -2.26. The van der Waals surface area contributed by atoms with E-state index in [1.165, 1.54) is 81.8 Å². The first-order valence-corrected chi connectivity index (χ1v) is 8.76. The molecule has 0 radical (unpaired) electrons. The summed E-state index contributed by atoms with van der Waals surface area (Å²) in [7, 11) is 0. The van der Waals surface area contributed by atoms with Crippen LogP contribution in [0, 0.1) is 6.92 Å². The Morgan fingerprint density at radius 1 is 1.14 bits per heavy atom. The predicted octanol–water partition coefficient (Wildman–Crippen LogP) is 3.93. The van der Waals surface area contributed by atoms with Gasteiger partial charge in [0.25, 0.3) is 0 Å². The maximum atomic E-state index is 4.91.